The quantitative estimate of drug-likeness (QED) is 0.664. The molecule has 0 spiro atoms. The predicted molar refractivity (Wildman–Crippen MR) is 95.9 cm³/mol. The summed E-state index contributed by atoms with van der Waals surface area (Å²) in [7, 11) is 3.82. The molecule has 1 aromatic carbocycles. The summed E-state index contributed by atoms with van der Waals surface area (Å²) < 4.78 is 0. The van der Waals surface area contributed by atoms with Gasteiger partial charge in [0.15, 0.2) is 5.17 Å². The van der Waals surface area contributed by atoms with E-state index < -0.39 is 0 Å². The Morgan fingerprint density at radius 1 is 1.04 bits per heavy atom. The normalized spacial score (nSPS) is 24.7. The van der Waals surface area contributed by atoms with E-state index in [0.717, 1.165) is 42.6 Å². The average Bonchev–Trinajstić information content (AvgIpc) is 3.07. The Kier molecular flexibility index (Phi) is 3.69. The van der Waals surface area contributed by atoms with Crippen LogP contribution in [-0.4, -0.2) is 67.1 Å². The molecule has 0 aliphatic carbocycles. The van der Waals surface area contributed by atoms with E-state index >= 15 is 0 Å². The van der Waals surface area contributed by atoms with Gasteiger partial charge in [0.1, 0.15) is 0 Å². The van der Waals surface area contributed by atoms with E-state index in [0.29, 0.717) is 10.5 Å². The lowest BCUT2D eigenvalue weighted by molar-refractivity contribution is -0.115. The molecule has 6 nitrogen and oxygen atoms in total. The summed E-state index contributed by atoms with van der Waals surface area (Å²) >= 11 is 1.33. The summed E-state index contributed by atoms with van der Waals surface area (Å²) in [5.74, 6) is -0.441. The number of likely N-dealkylation sites (N-methyl/N-ethyl adjacent to an activating group) is 2. The lowest BCUT2D eigenvalue weighted by atomic mass is 10.1. The number of thioether (sulfide) groups is 1. The SMILES string of the molecule is CN1CCN(C2=NC(=O)C(=C3C(=O)N(C)c4ccccc43)S2)CC1. The molecule has 3 aliphatic rings. The zero-order valence-electron chi connectivity index (χ0n) is 13.7. The van der Waals surface area contributed by atoms with Crippen LogP contribution in [0.1, 0.15) is 5.56 Å². The fraction of sp³-hybridized carbons (Fsp3) is 0.353. The third-order valence-corrected chi connectivity index (χ3v) is 5.75. The summed E-state index contributed by atoms with van der Waals surface area (Å²) in [6, 6.07) is 7.57. The number of piperazine rings is 1. The van der Waals surface area contributed by atoms with Crippen LogP contribution in [0.5, 0.6) is 0 Å². The van der Waals surface area contributed by atoms with E-state index in [1.807, 2.05) is 24.3 Å². The lowest BCUT2D eigenvalue weighted by Crippen LogP contribution is -2.46. The van der Waals surface area contributed by atoms with E-state index in [2.05, 4.69) is 21.8 Å². The van der Waals surface area contributed by atoms with Crippen LogP contribution in [-0.2, 0) is 9.59 Å². The van der Waals surface area contributed by atoms with Crippen molar-refractivity contribution >= 4 is 40.0 Å². The number of amides is 2. The Hall–Kier alpha value is -2.12. The fourth-order valence-corrected chi connectivity index (χ4v) is 4.23. The van der Waals surface area contributed by atoms with Crippen LogP contribution in [0.25, 0.3) is 5.57 Å². The molecule has 1 saturated heterocycles. The Morgan fingerprint density at radius 3 is 2.50 bits per heavy atom. The number of aliphatic imine (C=N–C) groups is 1. The number of hydrogen-bond acceptors (Lipinski definition) is 5. The summed E-state index contributed by atoms with van der Waals surface area (Å²) in [5.41, 5.74) is 2.14. The summed E-state index contributed by atoms with van der Waals surface area (Å²) in [4.78, 5) is 35.8. The maximum absolute atomic E-state index is 12.7. The van der Waals surface area contributed by atoms with Crippen molar-refractivity contribution in [2.75, 3.05) is 45.2 Å². The third-order valence-electron chi connectivity index (χ3n) is 4.64. The number of amidine groups is 1. The highest BCUT2D eigenvalue weighted by Crippen LogP contribution is 2.42. The molecule has 1 aromatic rings. The van der Waals surface area contributed by atoms with Crippen molar-refractivity contribution in [2.24, 2.45) is 4.99 Å². The highest BCUT2D eigenvalue weighted by molar-refractivity contribution is 8.18. The van der Waals surface area contributed by atoms with E-state index in [4.69, 9.17) is 0 Å². The second-order valence-electron chi connectivity index (χ2n) is 6.18. The number of nitrogens with zero attached hydrogens (tertiary/aromatic N) is 4. The van der Waals surface area contributed by atoms with Gasteiger partial charge in [-0.1, -0.05) is 18.2 Å². The zero-order chi connectivity index (χ0) is 16.8. The number of benzene rings is 1. The minimum absolute atomic E-state index is 0.137. The van der Waals surface area contributed by atoms with Gasteiger partial charge in [-0.2, -0.15) is 4.99 Å². The number of fused-ring (bicyclic) bond motifs is 1. The van der Waals surface area contributed by atoms with Crippen molar-refractivity contribution in [1.82, 2.24) is 9.80 Å². The summed E-state index contributed by atoms with van der Waals surface area (Å²) in [5, 5.41) is 0.718. The highest BCUT2D eigenvalue weighted by Gasteiger charge is 2.38. The Bertz CT molecular complexity index is 794. The van der Waals surface area contributed by atoms with Crippen LogP contribution < -0.4 is 4.90 Å². The van der Waals surface area contributed by atoms with Gasteiger partial charge >= 0.3 is 0 Å². The van der Waals surface area contributed by atoms with Gasteiger partial charge in [-0.15, -0.1) is 0 Å². The third kappa shape index (κ3) is 2.35. The predicted octanol–water partition coefficient (Wildman–Crippen LogP) is 1.25. The number of carbonyl (C=O) groups excluding carboxylic acids is 2. The standard InChI is InChI=1S/C17H18N4O2S/c1-19-7-9-21(10-8-19)17-18-15(22)14(24-17)13-11-5-3-4-6-12(11)20(2)16(13)23/h3-6H,7-10H2,1-2H3. The zero-order valence-corrected chi connectivity index (χ0v) is 14.5. The molecule has 0 N–H and O–H groups in total. The van der Waals surface area contributed by atoms with Crippen molar-refractivity contribution < 1.29 is 9.59 Å². The van der Waals surface area contributed by atoms with Gasteiger partial charge in [-0.05, 0) is 24.9 Å². The minimum Gasteiger partial charge on any atom is -0.348 e. The molecule has 3 aliphatic heterocycles. The maximum atomic E-state index is 12.7. The van der Waals surface area contributed by atoms with Gasteiger partial charge in [0.25, 0.3) is 11.8 Å². The molecule has 3 heterocycles. The van der Waals surface area contributed by atoms with E-state index in [1.165, 1.54) is 11.8 Å². The van der Waals surface area contributed by atoms with Gasteiger partial charge in [0.05, 0.1) is 16.2 Å². The molecule has 24 heavy (non-hydrogen) atoms. The average molecular weight is 342 g/mol. The fourth-order valence-electron chi connectivity index (χ4n) is 3.18. The number of carbonyl (C=O) groups is 2. The largest absolute Gasteiger partial charge is 0.348 e. The Labute approximate surface area is 144 Å². The molecule has 0 unspecified atom stereocenters. The molecule has 0 saturated carbocycles. The smallest absolute Gasteiger partial charge is 0.287 e. The molecular formula is C17H18N4O2S. The van der Waals surface area contributed by atoms with Gasteiger partial charge in [0.2, 0.25) is 0 Å². The van der Waals surface area contributed by atoms with E-state index in [-0.39, 0.29) is 11.8 Å². The number of hydrogen-bond donors (Lipinski definition) is 0. The van der Waals surface area contributed by atoms with Crippen molar-refractivity contribution in [3.05, 3.63) is 34.7 Å². The Balaban J connectivity index is 1.68. The van der Waals surface area contributed by atoms with Gasteiger partial charge in [-0.25, -0.2) is 0 Å². The summed E-state index contributed by atoms with van der Waals surface area (Å²) in [6.45, 7) is 3.60. The van der Waals surface area contributed by atoms with Crippen LogP contribution in [0.15, 0.2) is 34.2 Å². The van der Waals surface area contributed by atoms with Crippen LogP contribution in [0.3, 0.4) is 0 Å². The molecule has 124 valence electrons. The number of rotatable bonds is 0. The van der Waals surface area contributed by atoms with Crippen molar-refractivity contribution in [3.63, 3.8) is 0 Å². The molecule has 0 bridgehead atoms. The van der Waals surface area contributed by atoms with Gasteiger partial charge in [-0.3, -0.25) is 9.59 Å². The van der Waals surface area contributed by atoms with Crippen molar-refractivity contribution in [3.8, 4) is 0 Å². The van der Waals surface area contributed by atoms with E-state index in [1.54, 1.807) is 11.9 Å². The first kappa shape index (κ1) is 15.4. The van der Waals surface area contributed by atoms with Crippen LogP contribution >= 0.6 is 11.8 Å². The molecule has 1 fully saturated rings. The lowest BCUT2D eigenvalue weighted by Gasteiger charge is -2.33. The Morgan fingerprint density at radius 2 is 1.75 bits per heavy atom. The molecule has 0 radical (unpaired) electrons. The minimum atomic E-state index is -0.303. The monoisotopic (exact) mass is 342 g/mol. The van der Waals surface area contributed by atoms with Crippen LogP contribution in [0.4, 0.5) is 5.69 Å². The molecule has 0 atom stereocenters. The van der Waals surface area contributed by atoms with Gasteiger partial charge < -0.3 is 14.7 Å². The molecule has 0 aromatic heterocycles. The topological polar surface area (TPSA) is 56.2 Å². The first-order chi connectivity index (χ1) is 11.6. The summed E-state index contributed by atoms with van der Waals surface area (Å²) in [6.07, 6.45) is 0. The van der Waals surface area contributed by atoms with Crippen LogP contribution in [0.2, 0.25) is 0 Å². The van der Waals surface area contributed by atoms with Gasteiger partial charge in [0, 0.05) is 38.8 Å². The van der Waals surface area contributed by atoms with E-state index in [9.17, 15) is 9.59 Å². The first-order valence-corrected chi connectivity index (χ1v) is 8.74. The first-order valence-electron chi connectivity index (χ1n) is 7.92. The second-order valence-corrected chi connectivity index (χ2v) is 7.15. The molecule has 4 rings (SSSR count). The maximum Gasteiger partial charge on any atom is 0.287 e. The van der Waals surface area contributed by atoms with Crippen molar-refractivity contribution in [2.45, 2.75) is 0 Å². The second kappa shape index (κ2) is 5.75. The molecular weight excluding hydrogens is 324 g/mol. The molecule has 2 amide bonds. The molecule has 7 heteroatoms. The van der Waals surface area contributed by atoms with Crippen LogP contribution in [0, 0.1) is 0 Å². The number of para-hydroxylation sites is 1. The highest BCUT2D eigenvalue weighted by atomic mass is 32.2. The van der Waals surface area contributed by atoms with Crippen molar-refractivity contribution in [1.29, 1.82) is 0 Å². The number of anilines is 1.